The molecule has 0 aliphatic rings. The summed E-state index contributed by atoms with van der Waals surface area (Å²) in [6.07, 6.45) is 2.07. The minimum Gasteiger partial charge on any atom is -0.493 e. The van der Waals surface area contributed by atoms with Crippen molar-refractivity contribution in [3.8, 4) is 11.5 Å². The quantitative estimate of drug-likeness (QED) is 0.674. The Bertz CT molecular complexity index is 611. The molecule has 0 heterocycles. The molecular weight excluding hydrogens is 354 g/mol. The van der Waals surface area contributed by atoms with Crippen LogP contribution in [0, 0.1) is 0 Å². The van der Waals surface area contributed by atoms with Crippen LogP contribution in [0.3, 0.4) is 0 Å². The summed E-state index contributed by atoms with van der Waals surface area (Å²) in [4.78, 5) is 2.20. The Balaban J connectivity index is 2.09. The molecule has 2 aromatic rings. The molecule has 0 radical (unpaired) electrons. The molecule has 0 amide bonds. The molecule has 0 saturated carbocycles. The summed E-state index contributed by atoms with van der Waals surface area (Å²) in [5.41, 5.74) is 2.33. The highest BCUT2D eigenvalue weighted by atomic mass is 79.9. The van der Waals surface area contributed by atoms with E-state index in [9.17, 15) is 0 Å². The number of ether oxygens (including phenoxy) is 2. The number of rotatable bonds is 8. The molecule has 0 unspecified atom stereocenters. The third-order valence-electron chi connectivity index (χ3n) is 3.63. The third kappa shape index (κ3) is 5.56. The fourth-order valence-corrected chi connectivity index (χ4v) is 2.67. The second-order valence-electron chi connectivity index (χ2n) is 5.77. The molecule has 0 aliphatic heterocycles. The predicted octanol–water partition coefficient (Wildman–Crippen LogP) is 4.53. The van der Waals surface area contributed by atoms with E-state index in [2.05, 4.69) is 53.1 Å². The number of aryl methyl sites for hydroxylation is 1. The van der Waals surface area contributed by atoms with Crippen LogP contribution in [-0.4, -0.2) is 32.6 Å². The summed E-state index contributed by atoms with van der Waals surface area (Å²) in [6.45, 7) is 1.59. The van der Waals surface area contributed by atoms with Gasteiger partial charge in [-0.25, -0.2) is 0 Å². The monoisotopic (exact) mass is 377 g/mol. The van der Waals surface area contributed by atoms with E-state index in [1.54, 1.807) is 7.11 Å². The first-order chi connectivity index (χ1) is 11.1. The molecule has 0 bridgehead atoms. The summed E-state index contributed by atoms with van der Waals surface area (Å²) in [5.74, 6) is 1.65. The molecule has 0 aromatic heterocycles. The molecule has 0 saturated heterocycles. The van der Waals surface area contributed by atoms with Gasteiger partial charge in [0.25, 0.3) is 0 Å². The van der Waals surface area contributed by atoms with Crippen molar-refractivity contribution in [2.24, 2.45) is 0 Å². The molecule has 4 heteroatoms. The fourth-order valence-electron chi connectivity index (χ4n) is 2.40. The maximum absolute atomic E-state index is 6.09. The lowest BCUT2D eigenvalue weighted by Gasteiger charge is -2.16. The molecule has 0 spiro atoms. The van der Waals surface area contributed by atoms with E-state index in [0.29, 0.717) is 6.61 Å². The zero-order chi connectivity index (χ0) is 16.7. The molecule has 0 aliphatic carbocycles. The number of para-hydroxylation sites is 1. The van der Waals surface area contributed by atoms with E-state index < -0.39 is 0 Å². The third-order valence-corrected chi connectivity index (χ3v) is 4.16. The van der Waals surface area contributed by atoms with Crippen molar-refractivity contribution < 1.29 is 9.47 Å². The van der Waals surface area contributed by atoms with Gasteiger partial charge in [-0.15, -0.1) is 0 Å². The van der Waals surface area contributed by atoms with Crippen LogP contribution in [0.2, 0.25) is 0 Å². The molecule has 0 atom stereocenters. The zero-order valence-corrected chi connectivity index (χ0v) is 15.6. The Hall–Kier alpha value is -1.52. The van der Waals surface area contributed by atoms with Crippen molar-refractivity contribution in [2.45, 2.75) is 19.4 Å². The van der Waals surface area contributed by atoms with Crippen LogP contribution in [0.25, 0.3) is 0 Å². The molecule has 0 fully saturated rings. The van der Waals surface area contributed by atoms with Gasteiger partial charge in [-0.3, -0.25) is 0 Å². The van der Waals surface area contributed by atoms with E-state index in [-0.39, 0.29) is 0 Å². The minimum atomic E-state index is 0.536. The number of benzene rings is 2. The van der Waals surface area contributed by atoms with Crippen molar-refractivity contribution in [1.82, 2.24) is 4.90 Å². The second-order valence-corrected chi connectivity index (χ2v) is 6.69. The standard InChI is InChI=1S/C19H24BrNO2/c1-21(2)13-5-7-16-6-4-8-18(22-3)19(16)23-14-15-9-11-17(20)12-10-15/h4,6,8-12H,5,7,13-14H2,1-3H3. The van der Waals surface area contributed by atoms with Gasteiger partial charge in [0.1, 0.15) is 6.61 Å². The van der Waals surface area contributed by atoms with Gasteiger partial charge in [-0.1, -0.05) is 40.2 Å². The highest BCUT2D eigenvalue weighted by Crippen LogP contribution is 2.32. The largest absolute Gasteiger partial charge is 0.493 e. The summed E-state index contributed by atoms with van der Waals surface area (Å²) in [5, 5.41) is 0. The van der Waals surface area contributed by atoms with Gasteiger partial charge in [0.2, 0.25) is 0 Å². The van der Waals surface area contributed by atoms with Crippen LogP contribution in [0.5, 0.6) is 11.5 Å². The maximum atomic E-state index is 6.09. The Morgan fingerprint density at radius 1 is 1.04 bits per heavy atom. The lowest BCUT2D eigenvalue weighted by molar-refractivity contribution is 0.280. The van der Waals surface area contributed by atoms with E-state index in [0.717, 1.165) is 40.9 Å². The number of hydrogen-bond acceptors (Lipinski definition) is 3. The summed E-state index contributed by atoms with van der Waals surface area (Å²) in [6, 6.07) is 14.3. The molecule has 124 valence electrons. The van der Waals surface area contributed by atoms with Gasteiger partial charge in [0.15, 0.2) is 11.5 Å². The first-order valence-corrected chi connectivity index (χ1v) is 8.57. The number of nitrogens with zero attached hydrogens (tertiary/aromatic N) is 1. The van der Waals surface area contributed by atoms with Crippen LogP contribution in [0.15, 0.2) is 46.9 Å². The Kier molecular flexibility index (Phi) is 6.93. The highest BCUT2D eigenvalue weighted by Gasteiger charge is 2.11. The zero-order valence-electron chi connectivity index (χ0n) is 14.0. The van der Waals surface area contributed by atoms with Crippen molar-refractivity contribution in [1.29, 1.82) is 0 Å². The van der Waals surface area contributed by atoms with Crippen LogP contribution < -0.4 is 9.47 Å². The van der Waals surface area contributed by atoms with E-state index >= 15 is 0 Å². The van der Waals surface area contributed by atoms with Gasteiger partial charge in [0.05, 0.1) is 7.11 Å². The number of hydrogen-bond donors (Lipinski definition) is 0. The van der Waals surface area contributed by atoms with Crippen molar-refractivity contribution >= 4 is 15.9 Å². The van der Waals surface area contributed by atoms with E-state index in [4.69, 9.17) is 9.47 Å². The van der Waals surface area contributed by atoms with Crippen LogP contribution in [-0.2, 0) is 13.0 Å². The van der Waals surface area contributed by atoms with Gasteiger partial charge >= 0.3 is 0 Å². The number of methoxy groups -OCH3 is 1. The predicted molar refractivity (Wildman–Crippen MR) is 98.3 cm³/mol. The summed E-state index contributed by atoms with van der Waals surface area (Å²) >= 11 is 3.45. The lowest BCUT2D eigenvalue weighted by atomic mass is 10.1. The Morgan fingerprint density at radius 3 is 2.43 bits per heavy atom. The molecule has 2 rings (SSSR count). The number of halogens is 1. The molecule has 0 N–H and O–H groups in total. The highest BCUT2D eigenvalue weighted by molar-refractivity contribution is 9.10. The summed E-state index contributed by atoms with van der Waals surface area (Å²) in [7, 11) is 5.87. The minimum absolute atomic E-state index is 0.536. The Morgan fingerprint density at radius 2 is 1.78 bits per heavy atom. The molecule has 23 heavy (non-hydrogen) atoms. The van der Waals surface area contributed by atoms with E-state index in [1.807, 2.05) is 24.3 Å². The average molecular weight is 378 g/mol. The van der Waals surface area contributed by atoms with E-state index in [1.165, 1.54) is 5.56 Å². The van der Waals surface area contributed by atoms with Crippen molar-refractivity contribution in [3.05, 3.63) is 58.1 Å². The smallest absolute Gasteiger partial charge is 0.164 e. The van der Waals surface area contributed by atoms with Crippen molar-refractivity contribution in [2.75, 3.05) is 27.7 Å². The van der Waals surface area contributed by atoms with Gasteiger partial charge < -0.3 is 14.4 Å². The molecule has 3 nitrogen and oxygen atoms in total. The van der Waals surface area contributed by atoms with Gasteiger partial charge in [-0.2, -0.15) is 0 Å². The molecule has 2 aromatic carbocycles. The SMILES string of the molecule is COc1cccc(CCCN(C)C)c1OCc1ccc(Br)cc1. The Labute approximate surface area is 147 Å². The maximum Gasteiger partial charge on any atom is 0.164 e. The lowest BCUT2D eigenvalue weighted by Crippen LogP contribution is -2.13. The topological polar surface area (TPSA) is 21.7 Å². The average Bonchev–Trinajstić information content (AvgIpc) is 2.54. The summed E-state index contributed by atoms with van der Waals surface area (Å²) < 4.78 is 12.6. The first-order valence-electron chi connectivity index (χ1n) is 7.78. The van der Waals surface area contributed by atoms with Gasteiger partial charge in [-0.05, 0) is 62.8 Å². The van der Waals surface area contributed by atoms with Crippen LogP contribution in [0.4, 0.5) is 0 Å². The second kappa shape index (κ2) is 8.94. The van der Waals surface area contributed by atoms with Gasteiger partial charge in [0, 0.05) is 4.47 Å². The normalized spacial score (nSPS) is 10.8. The first kappa shape index (κ1) is 17.8. The van der Waals surface area contributed by atoms with Crippen LogP contribution in [0.1, 0.15) is 17.5 Å². The fraction of sp³-hybridized carbons (Fsp3) is 0.368. The van der Waals surface area contributed by atoms with Crippen molar-refractivity contribution in [3.63, 3.8) is 0 Å². The molecular formula is C19H24BrNO2. The van der Waals surface area contributed by atoms with Crippen LogP contribution >= 0.6 is 15.9 Å².